The van der Waals surface area contributed by atoms with Crippen molar-refractivity contribution in [1.29, 1.82) is 0 Å². The van der Waals surface area contributed by atoms with E-state index in [1.165, 1.54) is 26.1 Å². The Morgan fingerprint density at radius 1 is 1.21 bits per heavy atom. The summed E-state index contributed by atoms with van der Waals surface area (Å²) in [5, 5.41) is 3.61. The third-order valence-corrected chi connectivity index (χ3v) is 2.65. The van der Waals surface area contributed by atoms with Gasteiger partial charge in [-0.3, -0.25) is 0 Å². The van der Waals surface area contributed by atoms with Crippen LogP contribution in [0.2, 0.25) is 0 Å². The Morgan fingerprint density at radius 3 is 2.29 bits per heavy atom. The predicted octanol–water partition coefficient (Wildman–Crippen LogP) is 2.35. The van der Waals surface area contributed by atoms with Crippen molar-refractivity contribution in [1.82, 2.24) is 10.2 Å². The Hall–Kier alpha value is -0.0800. The molecule has 0 spiro atoms. The van der Waals surface area contributed by atoms with Crippen LogP contribution >= 0.6 is 0 Å². The monoisotopic (exact) mass is 200 g/mol. The van der Waals surface area contributed by atoms with Gasteiger partial charge in [-0.1, -0.05) is 34.6 Å². The number of hydrogen-bond acceptors (Lipinski definition) is 2. The second kappa shape index (κ2) is 6.41. The lowest BCUT2D eigenvalue weighted by Gasteiger charge is -2.32. The number of nitrogens with one attached hydrogen (secondary N) is 1. The van der Waals surface area contributed by atoms with Crippen molar-refractivity contribution >= 4 is 0 Å². The first-order chi connectivity index (χ1) is 6.50. The molecule has 0 amide bonds. The van der Waals surface area contributed by atoms with Gasteiger partial charge >= 0.3 is 0 Å². The van der Waals surface area contributed by atoms with Crippen LogP contribution in [0.3, 0.4) is 0 Å². The fraction of sp³-hybridized carbons (Fsp3) is 1.00. The molecule has 0 aromatic carbocycles. The summed E-state index contributed by atoms with van der Waals surface area (Å²) in [6.45, 7) is 14.5. The summed E-state index contributed by atoms with van der Waals surface area (Å²) >= 11 is 0. The van der Waals surface area contributed by atoms with Gasteiger partial charge in [-0.2, -0.15) is 0 Å². The predicted molar refractivity (Wildman–Crippen MR) is 64.7 cm³/mol. The molecule has 0 radical (unpaired) electrons. The molecule has 2 heteroatoms. The van der Waals surface area contributed by atoms with Crippen LogP contribution in [0, 0.1) is 5.41 Å². The third-order valence-electron chi connectivity index (χ3n) is 2.65. The molecule has 86 valence electrons. The molecule has 1 fully saturated rings. The van der Waals surface area contributed by atoms with E-state index in [0.29, 0.717) is 11.5 Å². The lowest BCUT2D eigenvalue weighted by atomic mass is 9.86. The van der Waals surface area contributed by atoms with E-state index in [1.807, 2.05) is 13.8 Å². The summed E-state index contributed by atoms with van der Waals surface area (Å²) in [6.07, 6.45) is 1.28. The minimum atomic E-state index is 0.388. The van der Waals surface area contributed by atoms with Crippen molar-refractivity contribution in [3.05, 3.63) is 0 Å². The molecule has 1 N–H and O–H groups in total. The topological polar surface area (TPSA) is 15.3 Å². The fourth-order valence-electron chi connectivity index (χ4n) is 1.67. The molecule has 1 aliphatic rings. The van der Waals surface area contributed by atoms with E-state index in [-0.39, 0.29) is 0 Å². The first kappa shape index (κ1) is 13.9. The summed E-state index contributed by atoms with van der Waals surface area (Å²) in [4.78, 5) is 2.43. The molecule has 0 bridgehead atoms. The molecule has 0 aromatic rings. The molecule has 14 heavy (non-hydrogen) atoms. The maximum atomic E-state index is 3.61. The Morgan fingerprint density at radius 2 is 1.79 bits per heavy atom. The Balaban J connectivity index is 0.000000791. The maximum absolute atomic E-state index is 3.61. The quantitative estimate of drug-likeness (QED) is 0.646. The van der Waals surface area contributed by atoms with Gasteiger partial charge in [0.15, 0.2) is 0 Å². The van der Waals surface area contributed by atoms with Crippen LogP contribution in [0.1, 0.15) is 41.0 Å². The lowest BCUT2D eigenvalue weighted by Crippen LogP contribution is -2.45. The first-order valence-corrected chi connectivity index (χ1v) is 5.92. The Bertz CT molecular complexity index is 138. The maximum Gasteiger partial charge on any atom is 0.0243 e. The summed E-state index contributed by atoms with van der Waals surface area (Å²) < 4.78 is 0. The zero-order chi connectivity index (χ0) is 11.2. The minimum Gasteiger partial charge on any atom is -0.312 e. The largest absolute Gasteiger partial charge is 0.312 e. The SMILES string of the molecule is CC.CN1CCCNC(C(C)(C)C)C1. The second-order valence-corrected chi connectivity index (χ2v) is 4.99. The number of rotatable bonds is 0. The summed E-state index contributed by atoms with van der Waals surface area (Å²) in [5.74, 6) is 0. The highest BCUT2D eigenvalue weighted by Gasteiger charge is 2.26. The first-order valence-electron chi connectivity index (χ1n) is 5.92. The van der Waals surface area contributed by atoms with Crippen molar-refractivity contribution in [2.75, 3.05) is 26.7 Å². The van der Waals surface area contributed by atoms with Crippen LogP contribution in [-0.2, 0) is 0 Å². The molecule has 2 nitrogen and oxygen atoms in total. The van der Waals surface area contributed by atoms with Crippen LogP contribution in [0.15, 0.2) is 0 Å². The molecule has 1 heterocycles. The Kier molecular flexibility index (Phi) is 6.38. The molecule has 1 atom stereocenters. The van der Waals surface area contributed by atoms with E-state index in [1.54, 1.807) is 0 Å². The van der Waals surface area contributed by atoms with E-state index in [4.69, 9.17) is 0 Å². The van der Waals surface area contributed by atoms with Gasteiger partial charge < -0.3 is 10.2 Å². The molecule has 1 aliphatic heterocycles. The van der Waals surface area contributed by atoms with E-state index >= 15 is 0 Å². The van der Waals surface area contributed by atoms with Crippen LogP contribution in [0.4, 0.5) is 0 Å². The number of nitrogens with zero attached hydrogens (tertiary/aromatic N) is 1. The van der Waals surface area contributed by atoms with E-state index in [9.17, 15) is 0 Å². The molecular formula is C12H28N2. The highest BCUT2D eigenvalue weighted by Crippen LogP contribution is 2.20. The lowest BCUT2D eigenvalue weighted by molar-refractivity contribution is 0.220. The smallest absolute Gasteiger partial charge is 0.0243 e. The molecule has 1 saturated heterocycles. The van der Waals surface area contributed by atoms with Crippen LogP contribution in [-0.4, -0.2) is 37.6 Å². The van der Waals surface area contributed by atoms with Crippen molar-refractivity contribution in [3.8, 4) is 0 Å². The van der Waals surface area contributed by atoms with E-state index < -0.39 is 0 Å². The normalized spacial score (nSPS) is 24.9. The third kappa shape index (κ3) is 4.97. The van der Waals surface area contributed by atoms with Crippen molar-refractivity contribution in [2.45, 2.75) is 47.1 Å². The second-order valence-electron chi connectivity index (χ2n) is 4.99. The standard InChI is InChI=1S/C10H22N2.C2H6/c1-10(2,3)9-8-12(4)7-5-6-11-9;1-2/h9,11H,5-8H2,1-4H3;1-2H3. The molecule has 0 saturated carbocycles. The molecule has 0 aliphatic carbocycles. The van der Waals surface area contributed by atoms with Gasteiger partial charge in [-0.05, 0) is 32.0 Å². The summed E-state index contributed by atoms with van der Waals surface area (Å²) in [5.41, 5.74) is 0.388. The van der Waals surface area contributed by atoms with E-state index in [2.05, 4.69) is 38.0 Å². The van der Waals surface area contributed by atoms with Crippen LogP contribution in [0.5, 0.6) is 0 Å². The zero-order valence-electron chi connectivity index (χ0n) is 10.9. The summed E-state index contributed by atoms with van der Waals surface area (Å²) in [6, 6.07) is 0.644. The average Bonchev–Trinajstić information content (AvgIpc) is 2.32. The highest BCUT2D eigenvalue weighted by molar-refractivity contribution is 4.84. The van der Waals surface area contributed by atoms with Gasteiger partial charge in [-0.25, -0.2) is 0 Å². The highest BCUT2D eigenvalue weighted by atomic mass is 15.1. The van der Waals surface area contributed by atoms with Gasteiger partial charge in [-0.15, -0.1) is 0 Å². The van der Waals surface area contributed by atoms with Crippen molar-refractivity contribution in [3.63, 3.8) is 0 Å². The van der Waals surface area contributed by atoms with Gasteiger partial charge in [0.25, 0.3) is 0 Å². The molecular weight excluding hydrogens is 172 g/mol. The average molecular weight is 200 g/mol. The van der Waals surface area contributed by atoms with Crippen molar-refractivity contribution in [2.24, 2.45) is 5.41 Å². The minimum absolute atomic E-state index is 0.388. The molecule has 1 unspecified atom stereocenters. The fourth-order valence-corrected chi connectivity index (χ4v) is 1.67. The van der Waals surface area contributed by atoms with Crippen LogP contribution < -0.4 is 5.32 Å². The van der Waals surface area contributed by atoms with Gasteiger partial charge in [0, 0.05) is 12.6 Å². The number of likely N-dealkylation sites (N-methyl/N-ethyl adjacent to an activating group) is 1. The van der Waals surface area contributed by atoms with E-state index in [0.717, 1.165) is 0 Å². The van der Waals surface area contributed by atoms with Gasteiger partial charge in [0.1, 0.15) is 0 Å². The zero-order valence-corrected chi connectivity index (χ0v) is 10.9. The van der Waals surface area contributed by atoms with Gasteiger partial charge in [0.05, 0.1) is 0 Å². The molecule has 1 rings (SSSR count). The molecule has 0 aromatic heterocycles. The Labute approximate surface area is 90.1 Å². The van der Waals surface area contributed by atoms with Crippen LogP contribution in [0.25, 0.3) is 0 Å². The summed E-state index contributed by atoms with van der Waals surface area (Å²) in [7, 11) is 2.21. The van der Waals surface area contributed by atoms with Crippen molar-refractivity contribution < 1.29 is 0 Å². The van der Waals surface area contributed by atoms with Gasteiger partial charge in [0.2, 0.25) is 0 Å². The number of hydrogen-bond donors (Lipinski definition) is 1.